The summed E-state index contributed by atoms with van der Waals surface area (Å²) in [6.45, 7) is 7.68. The smallest absolute Gasteiger partial charge is 0.266 e. The molecule has 30 heavy (non-hydrogen) atoms. The van der Waals surface area contributed by atoms with E-state index in [1.54, 1.807) is 6.92 Å². The summed E-state index contributed by atoms with van der Waals surface area (Å²) in [4.78, 5) is 32.5. The number of pyridine rings is 1. The predicted octanol–water partition coefficient (Wildman–Crippen LogP) is 2.94. The zero-order chi connectivity index (χ0) is 21.6. The molecule has 1 saturated heterocycles. The number of fused-ring (bicyclic) bond motifs is 3. The number of aromatic nitrogens is 1. The normalized spacial score (nSPS) is 20.6. The van der Waals surface area contributed by atoms with Crippen LogP contribution in [0, 0.1) is 32.1 Å². The SMILES string of the molecule is Cc1ccc2c(c1)C1CN(C)CCC1N2C(=O)CCc1c(C)[nH]c(=O)c(C#N)c1C. The summed E-state index contributed by atoms with van der Waals surface area (Å²) >= 11 is 0. The van der Waals surface area contributed by atoms with Crippen LogP contribution in [0.4, 0.5) is 5.69 Å². The number of amides is 1. The van der Waals surface area contributed by atoms with Gasteiger partial charge in [0.15, 0.2) is 0 Å². The maximum atomic E-state index is 13.4. The van der Waals surface area contributed by atoms with Crippen molar-refractivity contribution < 1.29 is 4.79 Å². The van der Waals surface area contributed by atoms with Crippen LogP contribution in [0.25, 0.3) is 0 Å². The molecule has 0 aliphatic carbocycles. The number of nitrogens with one attached hydrogen (secondary N) is 1. The summed E-state index contributed by atoms with van der Waals surface area (Å²) in [5, 5.41) is 9.30. The molecule has 6 nitrogen and oxygen atoms in total. The fraction of sp³-hybridized carbons (Fsp3) is 0.458. The van der Waals surface area contributed by atoms with Crippen molar-refractivity contribution in [3.05, 3.63) is 62.1 Å². The quantitative estimate of drug-likeness (QED) is 0.853. The van der Waals surface area contributed by atoms with Gasteiger partial charge in [-0.3, -0.25) is 9.59 Å². The summed E-state index contributed by atoms with van der Waals surface area (Å²) < 4.78 is 0. The molecule has 3 heterocycles. The number of hydrogen-bond acceptors (Lipinski definition) is 4. The monoisotopic (exact) mass is 404 g/mol. The molecular formula is C24H28N4O2. The molecule has 4 rings (SSSR count). The van der Waals surface area contributed by atoms with Crippen molar-refractivity contribution in [2.75, 3.05) is 25.0 Å². The second-order valence-electron chi connectivity index (χ2n) is 8.72. The summed E-state index contributed by atoms with van der Waals surface area (Å²) in [6.07, 6.45) is 1.83. The van der Waals surface area contributed by atoms with Crippen molar-refractivity contribution in [2.45, 2.75) is 52.0 Å². The number of carbonyl (C=O) groups is 1. The van der Waals surface area contributed by atoms with Gasteiger partial charge in [-0.05, 0) is 70.0 Å². The number of aryl methyl sites for hydroxylation is 2. The van der Waals surface area contributed by atoms with Crippen LogP contribution in [0.2, 0.25) is 0 Å². The minimum Gasteiger partial charge on any atom is -0.325 e. The van der Waals surface area contributed by atoms with Gasteiger partial charge in [0.05, 0.1) is 0 Å². The van der Waals surface area contributed by atoms with Crippen molar-refractivity contribution in [2.24, 2.45) is 0 Å². The van der Waals surface area contributed by atoms with Crippen LogP contribution in [0.1, 0.15) is 52.3 Å². The lowest BCUT2D eigenvalue weighted by molar-refractivity contribution is -0.119. The Morgan fingerprint density at radius 2 is 2.07 bits per heavy atom. The Balaban J connectivity index is 1.62. The lowest BCUT2D eigenvalue weighted by Crippen LogP contribution is -2.47. The number of rotatable bonds is 3. The average molecular weight is 405 g/mol. The molecule has 2 aromatic rings. The Hall–Kier alpha value is -2.91. The van der Waals surface area contributed by atoms with Gasteiger partial charge in [-0.15, -0.1) is 0 Å². The van der Waals surface area contributed by atoms with Crippen LogP contribution in [0.5, 0.6) is 0 Å². The van der Waals surface area contributed by atoms with Crippen molar-refractivity contribution in [1.29, 1.82) is 5.26 Å². The van der Waals surface area contributed by atoms with E-state index in [0.29, 0.717) is 24.3 Å². The van der Waals surface area contributed by atoms with Gasteiger partial charge in [-0.1, -0.05) is 17.7 Å². The third-order valence-corrected chi connectivity index (χ3v) is 6.73. The Morgan fingerprint density at radius 3 is 2.80 bits per heavy atom. The van der Waals surface area contributed by atoms with E-state index in [4.69, 9.17) is 0 Å². The third kappa shape index (κ3) is 3.33. The van der Waals surface area contributed by atoms with Gasteiger partial charge in [0.2, 0.25) is 5.91 Å². The lowest BCUT2D eigenvalue weighted by Gasteiger charge is -2.36. The first kappa shape index (κ1) is 20.4. The second-order valence-corrected chi connectivity index (χ2v) is 8.72. The number of nitrogens with zero attached hydrogens (tertiary/aromatic N) is 3. The average Bonchev–Trinajstić information content (AvgIpc) is 3.00. The standard InChI is InChI=1S/C24H28N4O2/c1-14-5-7-21-18(11-14)20-13-27(4)10-9-22(20)28(21)23(29)8-6-17-15(2)19(12-25)24(30)26-16(17)3/h5,7,11,20,22H,6,8-10,13H2,1-4H3,(H,26,30). The molecule has 156 valence electrons. The van der Waals surface area contributed by atoms with Gasteiger partial charge < -0.3 is 14.8 Å². The Morgan fingerprint density at radius 1 is 1.30 bits per heavy atom. The van der Waals surface area contributed by atoms with Crippen LogP contribution < -0.4 is 10.5 Å². The van der Waals surface area contributed by atoms with E-state index < -0.39 is 0 Å². The van der Waals surface area contributed by atoms with Crippen LogP contribution in [-0.4, -0.2) is 42.0 Å². The molecule has 0 saturated carbocycles. The Labute approximate surface area is 177 Å². The van der Waals surface area contributed by atoms with Crippen LogP contribution in [0.3, 0.4) is 0 Å². The molecule has 6 heteroatoms. The Kier molecular flexibility index (Phi) is 5.25. The molecule has 2 aliphatic heterocycles. The summed E-state index contributed by atoms with van der Waals surface area (Å²) in [6, 6.07) is 8.59. The number of aromatic amines is 1. The minimum absolute atomic E-state index is 0.112. The van der Waals surface area contributed by atoms with E-state index in [2.05, 4.69) is 42.1 Å². The van der Waals surface area contributed by atoms with Crippen LogP contribution >= 0.6 is 0 Å². The number of benzene rings is 1. The molecular weight excluding hydrogens is 376 g/mol. The predicted molar refractivity (Wildman–Crippen MR) is 117 cm³/mol. The van der Waals surface area contributed by atoms with E-state index in [1.807, 2.05) is 17.9 Å². The van der Waals surface area contributed by atoms with Crippen molar-refractivity contribution in [3.8, 4) is 6.07 Å². The van der Waals surface area contributed by atoms with Gasteiger partial charge in [0.1, 0.15) is 11.6 Å². The first-order chi connectivity index (χ1) is 14.3. The summed E-state index contributed by atoms with van der Waals surface area (Å²) in [5.41, 5.74) is 5.63. The molecule has 1 N–H and O–H groups in total. The molecule has 0 radical (unpaired) electrons. The number of likely N-dealkylation sites (tertiary alicyclic amines) is 1. The number of likely N-dealkylation sites (N-methyl/N-ethyl adjacent to an activating group) is 1. The van der Waals surface area contributed by atoms with Crippen molar-refractivity contribution in [1.82, 2.24) is 9.88 Å². The van der Waals surface area contributed by atoms with E-state index >= 15 is 0 Å². The van der Waals surface area contributed by atoms with Gasteiger partial charge in [0.25, 0.3) is 5.56 Å². The maximum Gasteiger partial charge on any atom is 0.266 e. The third-order valence-electron chi connectivity index (χ3n) is 6.73. The highest BCUT2D eigenvalue weighted by Crippen LogP contribution is 2.45. The highest BCUT2D eigenvalue weighted by molar-refractivity contribution is 5.97. The van der Waals surface area contributed by atoms with E-state index in [-0.39, 0.29) is 23.1 Å². The molecule has 1 fully saturated rings. The molecule has 0 spiro atoms. The summed E-state index contributed by atoms with van der Waals surface area (Å²) in [7, 11) is 2.14. The fourth-order valence-corrected chi connectivity index (χ4v) is 5.18. The molecule has 1 amide bonds. The van der Waals surface area contributed by atoms with Crippen LogP contribution in [-0.2, 0) is 11.2 Å². The number of carbonyl (C=O) groups excluding carboxylic acids is 1. The van der Waals surface area contributed by atoms with Gasteiger partial charge in [-0.2, -0.15) is 5.26 Å². The molecule has 1 aromatic carbocycles. The highest BCUT2D eigenvalue weighted by atomic mass is 16.2. The van der Waals surface area contributed by atoms with E-state index in [1.165, 1.54) is 11.1 Å². The van der Waals surface area contributed by atoms with Gasteiger partial charge in [0, 0.05) is 36.3 Å². The molecule has 1 aromatic heterocycles. The number of nitriles is 1. The molecule has 2 aliphatic rings. The number of anilines is 1. The molecule has 2 atom stereocenters. The number of hydrogen-bond donors (Lipinski definition) is 1. The number of piperidine rings is 1. The minimum atomic E-state index is -0.361. The first-order valence-electron chi connectivity index (χ1n) is 10.6. The fourth-order valence-electron chi connectivity index (χ4n) is 5.18. The largest absolute Gasteiger partial charge is 0.325 e. The molecule has 0 bridgehead atoms. The van der Waals surface area contributed by atoms with Crippen LogP contribution in [0.15, 0.2) is 23.0 Å². The van der Waals surface area contributed by atoms with E-state index in [9.17, 15) is 14.9 Å². The van der Waals surface area contributed by atoms with Crippen molar-refractivity contribution in [3.63, 3.8) is 0 Å². The van der Waals surface area contributed by atoms with Gasteiger partial charge in [-0.25, -0.2) is 0 Å². The second kappa shape index (κ2) is 7.73. The van der Waals surface area contributed by atoms with Gasteiger partial charge >= 0.3 is 0 Å². The number of H-pyrrole nitrogens is 1. The zero-order valence-electron chi connectivity index (χ0n) is 18.1. The summed E-state index contributed by atoms with van der Waals surface area (Å²) in [5.74, 6) is 0.463. The topological polar surface area (TPSA) is 80.2 Å². The molecule has 2 unspecified atom stereocenters. The first-order valence-corrected chi connectivity index (χ1v) is 10.6. The highest BCUT2D eigenvalue weighted by Gasteiger charge is 2.43. The Bertz CT molecular complexity index is 1110. The lowest BCUT2D eigenvalue weighted by atomic mass is 9.88. The van der Waals surface area contributed by atoms with Crippen molar-refractivity contribution >= 4 is 11.6 Å². The maximum absolute atomic E-state index is 13.4. The van der Waals surface area contributed by atoms with E-state index in [0.717, 1.165) is 36.5 Å². The zero-order valence-corrected chi connectivity index (χ0v) is 18.1.